The Morgan fingerprint density at radius 2 is 1.67 bits per heavy atom. The number of nitrogens with zero attached hydrogens (tertiary/aromatic N) is 1. The smallest absolute Gasteiger partial charge is 0.343 e. The summed E-state index contributed by atoms with van der Waals surface area (Å²) in [5.74, 6) is -1.77. The van der Waals surface area contributed by atoms with Crippen molar-refractivity contribution in [2.45, 2.75) is 6.92 Å². The highest BCUT2D eigenvalue weighted by molar-refractivity contribution is 6.39. The maximum atomic E-state index is 12.3. The van der Waals surface area contributed by atoms with E-state index in [2.05, 4.69) is 15.8 Å². The lowest BCUT2D eigenvalue weighted by molar-refractivity contribution is -0.136. The molecule has 2 amide bonds. The van der Waals surface area contributed by atoms with Crippen molar-refractivity contribution in [1.29, 1.82) is 0 Å². The third kappa shape index (κ3) is 6.91. The summed E-state index contributed by atoms with van der Waals surface area (Å²) in [6.07, 6.45) is 1.33. The third-order valence-corrected chi connectivity index (χ3v) is 4.42. The Labute approximate surface area is 195 Å². The zero-order valence-corrected chi connectivity index (χ0v) is 18.3. The second-order valence-corrected chi connectivity index (χ2v) is 6.99. The molecule has 0 spiro atoms. The molecule has 0 heterocycles. The minimum absolute atomic E-state index is 0.245. The molecule has 0 aromatic heterocycles. The number of carbonyl (C=O) groups excluding carboxylic acids is 3. The number of esters is 1. The van der Waals surface area contributed by atoms with Gasteiger partial charge in [-0.15, -0.1) is 0 Å². The Kier molecular flexibility index (Phi) is 8.15. The van der Waals surface area contributed by atoms with Crippen molar-refractivity contribution in [3.05, 3.63) is 88.9 Å². The van der Waals surface area contributed by atoms with Gasteiger partial charge in [0.15, 0.2) is 11.5 Å². The summed E-state index contributed by atoms with van der Waals surface area (Å²) in [4.78, 5) is 36.2. The number of anilines is 1. The van der Waals surface area contributed by atoms with Gasteiger partial charge in [-0.25, -0.2) is 10.2 Å². The first kappa shape index (κ1) is 23.5. The zero-order chi connectivity index (χ0) is 23.6. The van der Waals surface area contributed by atoms with Crippen molar-refractivity contribution in [2.24, 2.45) is 5.10 Å². The van der Waals surface area contributed by atoms with Crippen molar-refractivity contribution in [3.63, 3.8) is 0 Å². The fourth-order valence-corrected chi connectivity index (χ4v) is 2.75. The Morgan fingerprint density at radius 1 is 0.939 bits per heavy atom. The highest BCUT2D eigenvalue weighted by Gasteiger charge is 2.14. The Bertz CT molecular complexity index is 1160. The minimum atomic E-state index is -0.945. The maximum Gasteiger partial charge on any atom is 0.343 e. The molecule has 8 nitrogen and oxygen atoms in total. The Hall–Kier alpha value is -4.17. The molecule has 0 bridgehead atoms. The summed E-state index contributed by atoms with van der Waals surface area (Å²) in [7, 11) is 0. The number of halogens is 1. The van der Waals surface area contributed by atoms with Crippen LogP contribution in [0.15, 0.2) is 77.9 Å². The minimum Gasteiger partial charge on any atom is -0.490 e. The van der Waals surface area contributed by atoms with Gasteiger partial charge in [0.25, 0.3) is 0 Å². The number of rotatable bonds is 7. The average Bonchev–Trinajstić information content (AvgIpc) is 2.82. The molecule has 0 unspecified atom stereocenters. The molecule has 2 N–H and O–H groups in total. The molecule has 0 saturated heterocycles. The van der Waals surface area contributed by atoms with E-state index in [0.29, 0.717) is 34.2 Å². The van der Waals surface area contributed by atoms with Crippen LogP contribution in [0.4, 0.5) is 5.69 Å². The van der Waals surface area contributed by atoms with Gasteiger partial charge in [0.05, 0.1) is 18.4 Å². The lowest BCUT2D eigenvalue weighted by atomic mass is 10.2. The van der Waals surface area contributed by atoms with Gasteiger partial charge in [-0.2, -0.15) is 5.10 Å². The lowest BCUT2D eigenvalue weighted by Crippen LogP contribution is -2.32. The van der Waals surface area contributed by atoms with E-state index in [4.69, 9.17) is 21.1 Å². The Balaban J connectivity index is 1.62. The molecule has 3 aromatic carbocycles. The predicted molar refractivity (Wildman–Crippen MR) is 125 cm³/mol. The fourth-order valence-electron chi connectivity index (χ4n) is 2.63. The quantitative estimate of drug-likeness (QED) is 0.180. The molecule has 33 heavy (non-hydrogen) atoms. The van der Waals surface area contributed by atoms with E-state index in [9.17, 15) is 14.4 Å². The van der Waals surface area contributed by atoms with Gasteiger partial charge in [-0.1, -0.05) is 29.8 Å². The molecular weight excluding hydrogens is 446 g/mol. The van der Waals surface area contributed by atoms with E-state index in [1.165, 1.54) is 6.21 Å². The van der Waals surface area contributed by atoms with Crippen LogP contribution in [0.5, 0.6) is 11.5 Å². The first-order valence-electron chi connectivity index (χ1n) is 9.90. The molecule has 0 fully saturated rings. The van der Waals surface area contributed by atoms with Gasteiger partial charge in [-0.05, 0) is 67.1 Å². The molecular formula is C24H20ClN3O5. The summed E-state index contributed by atoms with van der Waals surface area (Å²) in [6, 6.07) is 19.7. The molecule has 3 aromatic rings. The average molecular weight is 466 g/mol. The number of nitrogens with one attached hydrogen (secondary N) is 2. The number of benzene rings is 3. The van der Waals surface area contributed by atoms with Crippen LogP contribution in [0.25, 0.3) is 0 Å². The number of hydrazone groups is 1. The standard InChI is InChI=1S/C24H20ClN3O5/c1-2-32-21-14-16(8-13-20(21)33-24(31)17-6-4-3-5-7-17)15-26-28-23(30)22(29)27-19-11-9-18(25)10-12-19/h3-15H,2H2,1H3,(H,27,29)(H,28,30)/b26-15-. The number of hydrogen-bond donors (Lipinski definition) is 2. The normalized spacial score (nSPS) is 10.5. The van der Waals surface area contributed by atoms with Crippen molar-refractivity contribution in [3.8, 4) is 11.5 Å². The summed E-state index contributed by atoms with van der Waals surface area (Å²) < 4.78 is 11.0. The molecule has 9 heteroatoms. The van der Waals surface area contributed by atoms with Crippen molar-refractivity contribution < 1.29 is 23.9 Å². The molecule has 0 radical (unpaired) electrons. The van der Waals surface area contributed by atoms with E-state index < -0.39 is 17.8 Å². The summed E-state index contributed by atoms with van der Waals surface area (Å²) in [6.45, 7) is 2.14. The first-order valence-corrected chi connectivity index (χ1v) is 10.3. The van der Waals surface area contributed by atoms with E-state index in [0.717, 1.165) is 0 Å². The van der Waals surface area contributed by atoms with Gasteiger partial charge >= 0.3 is 17.8 Å². The topological polar surface area (TPSA) is 106 Å². The van der Waals surface area contributed by atoms with E-state index in [-0.39, 0.29) is 5.75 Å². The first-order chi connectivity index (χ1) is 16.0. The van der Waals surface area contributed by atoms with Crippen molar-refractivity contribution >= 4 is 41.3 Å². The van der Waals surface area contributed by atoms with Gasteiger partial charge in [0.2, 0.25) is 0 Å². The second kappa shape index (κ2) is 11.4. The number of carbonyl (C=O) groups is 3. The van der Waals surface area contributed by atoms with Crippen LogP contribution in [0.2, 0.25) is 5.02 Å². The lowest BCUT2D eigenvalue weighted by Gasteiger charge is -2.11. The summed E-state index contributed by atoms with van der Waals surface area (Å²) >= 11 is 5.79. The Morgan fingerprint density at radius 3 is 2.36 bits per heavy atom. The van der Waals surface area contributed by atoms with Gasteiger partial charge in [0, 0.05) is 10.7 Å². The number of hydrogen-bond acceptors (Lipinski definition) is 6. The largest absolute Gasteiger partial charge is 0.490 e. The van der Waals surface area contributed by atoms with Crippen LogP contribution in [0.3, 0.4) is 0 Å². The molecule has 0 aliphatic heterocycles. The van der Waals surface area contributed by atoms with E-state index in [1.807, 2.05) is 0 Å². The van der Waals surface area contributed by atoms with Crippen molar-refractivity contribution in [1.82, 2.24) is 5.43 Å². The monoisotopic (exact) mass is 465 g/mol. The fraction of sp³-hybridized carbons (Fsp3) is 0.0833. The highest BCUT2D eigenvalue weighted by atomic mass is 35.5. The SMILES string of the molecule is CCOc1cc(/C=N\NC(=O)C(=O)Nc2ccc(Cl)cc2)ccc1OC(=O)c1ccccc1. The molecule has 0 saturated carbocycles. The van der Waals surface area contributed by atoms with Gasteiger partial charge in [0.1, 0.15) is 0 Å². The van der Waals surface area contributed by atoms with Crippen LogP contribution in [0.1, 0.15) is 22.8 Å². The van der Waals surface area contributed by atoms with Crippen LogP contribution in [-0.4, -0.2) is 30.6 Å². The third-order valence-electron chi connectivity index (χ3n) is 4.17. The zero-order valence-electron chi connectivity index (χ0n) is 17.6. The number of amides is 2. The molecule has 0 aliphatic rings. The summed E-state index contributed by atoms with van der Waals surface area (Å²) in [5, 5.41) is 6.73. The molecule has 0 atom stereocenters. The highest BCUT2D eigenvalue weighted by Crippen LogP contribution is 2.29. The summed E-state index contributed by atoms with van der Waals surface area (Å²) in [5.41, 5.74) is 3.53. The van der Waals surface area contributed by atoms with Crippen molar-refractivity contribution in [2.75, 3.05) is 11.9 Å². The van der Waals surface area contributed by atoms with Crippen LogP contribution >= 0.6 is 11.6 Å². The molecule has 3 rings (SSSR count). The van der Waals surface area contributed by atoms with E-state index >= 15 is 0 Å². The van der Waals surface area contributed by atoms with Crippen LogP contribution < -0.4 is 20.2 Å². The van der Waals surface area contributed by atoms with Crippen LogP contribution in [-0.2, 0) is 9.59 Å². The molecule has 168 valence electrons. The van der Waals surface area contributed by atoms with Gasteiger partial charge in [-0.3, -0.25) is 9.59 Å². The predicted octanol–water partition coefficient (Wildman–Crippen LogP) is 4.05. The molecule has 0 aliphatic carbocycles. The maximum absolute atomic E-state index is 12.3. The van der Waals surface area contributed by atoms with E-state index in [1.54, 1.807) is 79.7 Å². The second-order valence-electron chi connectivity index (χ2n) is 6.55. The van der Waals surface area contributed by atoms with Crippen LogP contribution in [0, 0.1) is 0 Å². The van der Waals surface area contributed by atoms with Gasteiger partial charge < -0.3 is 14.8 Å². The number of ether oxygens (including phenoxy) is 2.